The molecule has 0 bridgehead atoms. The third-order valence-electron chi connectivity index (χ3n) is 5.31. The molecule has 0 aliphatic carbocycles. The fourth-order valence-corrected chi connectivity index (χ4v) is 3.15. The summed E-state index contributed by atoms with van der Waals surface area (Å²) in [5.74, 6) is 1.34. The van der Waals surface area contributed by atoms with Crippen LogP contribution in [0.4, 0.5) is 0 Å². The fraction of sp³-hybridized carbons (Fsp3) is 0.600. The number of ether oxygens (including phenoxy) is 5. The maximum absolute atomic E-state index is 11.1. The van der Waals surface area contributed by atoms with Crippen molar-refractivity contribution >= 4 is 23.8 Å². The molecule has 13 heteroatoms. The maximum Gasteiger partial charge on any atom is 0.302 e. The predicted octanol–water partition coefficient (Wildman–Crippen LogP) is 7.73. The van der Waals surface area contributed by atoms with E-state index in [9.17, 15) is 14.4 Å². The molecule has 0 saturated carbocycles. The average Bonchev–Trinajstić information content (AvgIpc) is 3.16. The van der Waals surface area contributed by atoms with Gasteiger partial charge in [0.2, 0.25) is 11.8 Å². The lowest BCUT2D eigenvalue weighted by Crippen LogP contribution is -2.18. The van der Waals surface area contributed by atoms with Crippen molar-refractivity contribution < 1.29 is 53.1 Å². The Bertz CT molecular complexity index is 1170. The van der Waals surface area contributed by atoms with Crippen molar-refractivity contribution in [2.45, 2.75) is 121 Å². The van der Waals surface area contributed by atoms with Gasteiger partial charge in [0.1, 0.15) is 29.6 Å². The largest absolute Gasteiger partial charge is 0.496 e. The van der Waals surface area contributed by atoms with Crippen LogP contribution in [0, 0.1) is 0 Å². The third kappa shape index (κ3) is 38.5. The molecular weight excluding hydrogens is 684 g/mol. The van der Waals surface area contributed by atoms with Crippen LogP contribution in [0.1, 0.15) is 119 Å². The minimum atomic E-state index is -0.833. The summed E-state index contributed by atoms with van der Waals surface area (Å²) in [6.07, 6.45) is 4.67. The number of carbonyl (C=O) groups excluding carboxylic acids is 3. The summed E-state index contributed by atoms with van der Waals surface area (Å²) in [6.45, 7) is 19.9. The molecule has 0 fully saturated rings. The van der Waals surface area contributed by atoms with Crippen LogP contribution >= 0.6 is 0 Å². The van der Waals surface area contributed by atoms with Gasteiger partial charge in [-0.1, -0.05) is 68.2 Å². The van der Waals surface area contributed by atoms with Crippen LogP contribution in [0.5, 0.6) is 23.0 Å². The molecule has 0 spiro atoms. The molecule has 0 radical (unpaired) electrons. The second-order valence-electron chi connectivity index (χ2n) is 10.1. The zero-order valence-corrected chi connectivity index (χ0v) is 35.1. The van der Waals surface area contributed by atoms with Crippen LogP contribution in [-0.4, -0.2) is 75.5 Å². The molecular formula is C40H72N2O11. The lowest BCUT2D eigenvalue weighted by Gasteiger charge is -2.11. The number of rotatable bonds is 15. The highest BCUT2D eigenvalue weighted by Gasteiger charge is 2.08. The van der Waals surface area contributed by atoms with E-state index in [0.717, 1.165) is 18.1 Å². The summed E-state index contributed by atoms with van der Waals surface area (Å²) in [7, 11) is 6.31. The zero-order valence-electron chi connectivity index (χ0n) is 35.1. The average molecular weight is 757 g/mol. The van der Waals surface area contributed by atoms with Gasteiger partial charge in [-0.25, -0.2) is 0 Å². The first-order chi connectivity index (χ1) is 25.3. The molecule has 53 heavy (non-hydrogen) atoms. The molecule has 0 heterocycles. The molecule has 308 valence electrons. The van der Waals surface area contributed by atoms with Crippen molar-refractivity contribution in [3.8, 4) is 23.0 Å². The van der Waals surface area contributed by atoms with Gasteiger partial charge >= 0.3 is 5.97 Å². The summed E-state index contributed by atoms with van der Waals surface area (Å²) >= 11 is 0. The van der Waals surface area contributed by atoms with Crippen LogP contribution in [0.3, 0.4) is 0 Å². The van der Waals surface area contributed by atoms with Crippen molar-refractivity contribution in [2.24, 2.45) is 0 Å². The standard InChI is InChI=1S/C15H21NO5.C13H19NO4.2C3H8.C2H4O2.2C2H6/c1-11(17)21-10-12-6-7-13(9-14(12)19-3)20-8-4-5-15(18)16-2;1-14-13(16)4-3-7-18-11-6-5-10(9-15)12(8-11)17-2;2*1-3-2;1-2(3)4;2*1-2/h6-7,9H,4-5,8,10H2,1-3H3,(H,16,18);5-6,8,15H,3-4,7,9H2,1-2H3,(H,14,16);2*3H2,1-2H3;1H3,(H,3,4);2*1-2H3. The number of nitrogens with one attached hydrogen (secondary N) is 2. The monoisotopic (exact) mass is 757 g/mol. The number of hydrogen-bond donors (Lipinski definition) is 4. The van der Waals surface area contributed by atoms with Crippen molar-refractivity contribution in [1.29, 1.82) is 0 Å². The second-order valence-corrected chi connectivity index (χ2v) is 10.1. The smallest absolute Gasteiger partial charge is 0.302 e. The van der Waals surface area contributed by atoms with Gasteiger partial charge in [0.15, 0.2) is 0 Å². The SMILES string of the molecule is CC.CC.CC(=O)O.CCC.CCC.CNC(=O)CCCOc1ccc(CO)c(OC)c1.CNC(=O)CCCOc1ccc(COC(C)=O)c(OC)c1. The van der Waals surface area contributed by atoms with E-state index >= 15 is 0 Å². The first-order valence-electron chi connectivity index (χ1n) is 18.3. The van der Waals surface area contributed by atoms with E-state index in [1.165, 1.54) is 19.8 Å². The minimum absolute atomic E-state index is 0.00630. The third-order valence-corrected chi connectivity index (χ3v) is 5.31. The number of aliphatic carboxylic acids is 1. The van der Waals surface area contributed by atoms with Crippen molar-refractivity contribution in [2.75, 3.05) is 41.5 Å². The number of aliphatic hydroxyl groups is 1. The number of benzene rings is 2. The number of aliphatic hydroxyl groups excluding tert-OH is 1. The Morgan fingerprint density at radius 2 is 1.00 bits per heavy atom. The van der Waals surface area contributed by atoms with Crippen molar-refractivity contribution in [3.05, 3.63) is 47.5 Å². The van der Waals surface area contributed by atoms with Crippen molar-refractivity contribution in [3.63, 3.8) is 0 Å². The molecule has 0 aliphatic rings. The van der Waals surface area contributed by atoms with Gasteiger partial charge < -0.3 is 44.5 Å². The van der Waals surface area contributed by atoms with Gasteiger partial charge in [-0.2, -0.15) is 0 Å². The van der Waals surface area contributed by atoms with E-state index < -0.39 is 5.97 Å². The van der Waals surface area contributed by atoms with Gasteiger partial charge in [0.05, 0.1) is 34.0 Å². The quantitative estimate of drug-likeness (QED) is 0.103. The lowest BCUT2D eigenvalue weighted by atomic mass is 10.2. The Kier molecular flexibility index (Phi) is 47.6. The highest BCUT2D eigenvalue weighted by atomic mass is 16.5. The van der Waals surface area contributed by atoms with Gasteiger partial charge in [0, 0.05) is 64.0 Å². The Morgan fingerprint density at radius 3 is 1.30 bits per heavy atom. The molecule has 2 amide bonds. The minimum Gasteiger partial charge on any atom is -0.496 e. The van der Waals surface area contributed by atoms with Gasteiger partial charge in [0.25, 0.3) is 5.97 Å². The number of carbonyl (C=O) groups is 4. The van der Waals surface area contributed by atoms with Crippen LogP contribution in [0.15, 0.2) is 36.4 Å². The number of carboxylic acid groups (broad SMARTS) is 1. The van der Waals surface area contributed by atoms with Crippen LogP contribution in [0.25, 0.3) is 0 Å². The van der Waals surface area contributed by atoms with Crippen LogP contribution in [0.2, 0.25) is 0 Å². The summed E-state index contributed by atoms with van der Waals surface area (Å²) in [4.78, 5) is 41.9. The number of esters is 1. The molecule has 2 aromatic carbocycles. The van der Waals surface area contributed by atoms with Crippen molar-refractivity contribution in [1.82, 2.24) is 10.6 Å². The number of amides is 2. The molecule has 0 aliphatic heterocycles. The molecule has 4 N–H and O–H groups in total. The fourth-order valence-electron chi connectivity index (χ4n) is 3.15. The maximum atomic E-state index is 11.1. The Morgan fingerprint density at radius 1 is 0.660 bits per heavy atom. The van der Waals surface area contributed by atoms with Gasteiger partial charge in [-0.15, -0.1) is 0 Å². The summed E-state index contributed by atoms with van der Waals surface area (Å²) in [5, 5.41) is 21.6. The van der Waals surface area contributed by atoms with E-state index in [1.54, 1.807) is 64.7 Å². The Balaban J connectivity index is -0.000000216. The molecule has 0 aromatic heterocycles. The molecule has 13 nitrogen and oxygen atoms in total. The normalized spacial score (nSPS) is 8.66. The lowest BCUT2D eigenvalue weighted by molar-refractivity contribution is -0.142. The topological polar surface area (TPSA) is 179 Å². The number of hydrogen-bond acceptors (Lipinski definition) is 10. The first kappa shape index (κ1) is 57.8. The summed E-state index contributed by atoms with van der Waals surface area (Å²) in [5.41, 5.74) is 1.49. The van der Waals surface area contributed by atoms with E-state index in [-0.39, 0.29) is 31.0 Å². The molecule has 0 unspecified atom stereocenters. The molecule has 0 atom stereocenters. The van der Waals surface area contributed by atoms with E-state index in [1.807, 2.05) is 27.7 Å². The zero-order chi connectivity index (χ0) is 42.0. The van der Waals surface area contributed by atoms with Crippen LogP contribution < -0.4 is 29.6 Å². The Hall–Kier alpha value is -4.52. The molecule has 2 rings (SSSR count). The highest BCUT2D eigenvalue weighted by Crippen LogP contribution is 2.26. The van der Waals surface area contributed by atoms with E-state index in [0.29, 0.717) is 61.9 Å². The second kappa shape index (κ2) is 43.6. The molecule has 2 aromatic rings. The van der Waals surface area contributed by atoms with Crippen LogP contribution in [-0.2, 0) is 37.1 Å². The summed E-state index contributed by atoms with van der Waals surface area (Å²) in [6, 6.07) is 10.6. The van der Waals surface area contributed by atoms with E-state index in [2.05, 4.69) is 38.3 Å². The van der Waals surface area contributed by atoms with Gasteiger partial charge in [-0.05, 0) is 37.1 Å². The highest BCUT2D eigenvalue weighted by molar-refractivity contribution is 5.75. The predicted molar refractivity (Wildman–Crippen MR) is 213 cm³/mol. The first-order valence-corrected chi connectivity index (χ1v) is 18.3. The van der Waals surface area contributed by atoms with E-state index in [4.69, 9.17) is 38.7 Å². The number of methoxy groups -OCH3 is 2. The number of carboxylic acids is 1. The Labute approximate surface area is 320 Å². The molecule has 0 saturated heterocycles. The summed E-state index contributed by atoms with van der Waals surface area (Å²) < 4.78 is 26.4. The van der Waals surface area contributed by atoms with Gasteiger partial charge in [-0.3, -0.25) is 19.2 Å².